The highest BCUT2D eigenvalue weighted by Gasteiger charge is 2.26. The number of hydrogen-bond donors (Lipinski definition) is 1. The maximum absolute atomic E-state index is 12.0. The predicted octanol–water partition coefficient (Wildman–Crippen LogP) is 3.35. The molecule has 8 heteroatoms. The van der Waals surface area contributed by atoms with E-state index in [1.165, 1.54) is 32.4 Å². The number of carbonyl (C=O) groups is 1. The molecule has 1 saturated heterocycles. The summed E-state index contributed by atoms with van der Waals surface area (Å²) in [6, 6.07) is 5.74. The Hall–Kier alpha value is -2.64. The van der Waals surface area contributed by atoms with E-state index in [4.69, 9.17) is 27.1 Å². The normalized spacial score (nSPS) is 20.7. The van der Waals surface area contributed by atoms with Crippen molar-refractivity contribution in [2.75, 3.05) is 33.3 Å². The van der Waals surface area contributed by atoms with Gasteiger partial charge in [-0.2, -0.15) is 0 Å². The quantitative estimate of drug-likeness (QED) is 0.584. The van der Waals surface area contributed by atoms with Crippen molar-refractivity contribution >= 4 is 34.3 Å². The monoisotopic (exact) mass is 428 g/mol. The molecule has 1 aliphatic heterocycles. The number of nitrogens with zero attached hydrogens (tertiary/aromatic N) is 4. The molecular formula is C22H27ClN5O2+. The van der Waals surface area contributed by atoms with Gasteiger partial charge in [-0.25, -0.2) is 9.51 Å². The molecule has 0 bridgehead atoms. The van der Waals surface area contributed by atoms with Crippen molar-refractivity contribution in [2.45, 2.75) is 26.2 Å². The summed E-state index contributed by atoms with van der Waals surface area (Å²) in [5, 5.41) is 4.56. The number of likely N-dealkylation sites (tertiary alicyclic amines) is 1. The largest absolute Gasteiger partial charge is 0.469 e. The van der Waals surface area contributed by atoms with Crippen molar-refractivity contribution in [3.63, 3.8) is 0 Å². The van der Waals surface area contributed by atoms with Crippen molar-refractivity contribution in [3.8, 4) is 5.88 Å². The summed E-state index contributed by atoms with van der Waals surface area (Å²) in [4.78, 5) is 16.8. The molecule has 1 aliphatic carbocycles. The molecule has 0 atom stereocenters. The van der Waals surface area contributed by atoms with Crippen LogP contribution in [0.3, 0.4) is 0 Å². The van der Waals surface area contributed by atoms with Crippen molar-refractivity contribution in [1.82, 2.24) is 9.61 Å². The molecule has 1 fully saturated rings. The van der Waals surface area contributed by atoms with Crippen LogP contribution in [0.4, 0.5) is 5.69 Å². The zero-order valence-electron chi connectivity index (χ0n) is 17.4. The highest BCUT2D eigenvalue weighted by atomic mass is 35.5. The third-order valence-corrected chi connectivity index (χ3v) is 6.28. The van der Waals surface area contributed by atoms with Crippen LogP contribution in [0.2, 0.25) is 0 Å². The molecule has 158 valence electrons. The number of piperidine rings is 1. The molecule has 0 amide bonds. The molecular weight excluding hydrogens is 402 g/mol. The minimum atomic E-state index is -0.275. The summed E-state index contributed by atoms with van der Waals surface area (Å²) in [7, 11) is 2.29. The number of aliphatic imine (C=N–C) groups is 1. The summed E-state index contributed by atoms with van der Waals surface area (Å²) in [6.07, 6.45) is 7.35. The van der Waals surface area contributed by atoms with Gasteiger partial charge >= 0.3 is 0 Å². The topological polar surface area (TPSA) is 82.0 Å². The Bertz CT molecular complexity index is 1080. The number of halogens is 1. The summed E-state index contributed by atoms with van der Waals surface area (Å²) in [5.74, 6) is 0.173. The van der Waals surface area contributed by atoms with Crippen LogP contribution < -0.4 is 10.5 Å². The van der Waals surface area contributed by atoms with E-state index in [0.29, 0.717) is 29.5 Å². The SMILES string of the molecule is CC1=C/C(=N\c2c(OCC[N+]3(C)CCCCC3)nn3ccccc23)C(N)=C(Cl)C1=O. The van der Waals surface area contributed by atoms with E-state index < -0.39 is 0 Å². The van der Waals surface area contributed by atoms with E-state index in [1.807, 2.05) is 24.4 Å². The van der Waals surface area contributed by atoms with Crippen LogP contribution in [0, 0.1) is 0 Å². The molecule has 2 aliphatic rings. The molecule has 0 spiro atoms. The van der Waals surface area contributed by atoms with E-state index in [2.05, 4.69) is 12.1 Å². The first-order valence-electron chi connectivity index (χ1n) is 10.3. The Morgan fingerprint density at radius 2 is 2.07 bits per heavy atom. The molecule has 7 nitrogen and oxygen atoms in total. The number of rotatable bonds is 5. The average molecular weight is 429 g/mol. The van der Waals surface area contributed by atoms with Crippen molar-refractivity contribution < 1.29 is 14.0 Å². The number of fused-ring (bicyclic) bond motifs is 1. The van der Waals surface area contributed by atoms with E-state index in [9.17, 15) is 4.79 Å². The fraction of sp³-hybridized carbons (Fsp3) is 0.409. The van der Waals surface area contributed by atoms with Crippen LogP contribution in [-0.2, 0) is 4.79 Å². The van der Waals surface area contributed by atoms with Crippen molar-refractivity contribution in [3.05, 3.63) is 46.8 Å². The second-order valence-corrected chi connectivity index (χ2v) is 8.64. The van der Waals surface area contributed by atoms with Gasteiger partial charge < -0.3 is 15.0 Å². The summed E-state index contributed by atoms with van der Waals surface area (Å²) < 4.78 is 8.86. The van der Waals surface area contributed by atoms with Crippen molar-refractivity contribution in [1.29, 1.82) is 0 Å². The van der Waals surface area contributed by atoms with Gasteiger partial charge in [0.05, 0.1) is 37.1 Å². The number of nitrogens with two attached hydrogens (primary N) is 1. The average Bonchev–Trinajstić information content (AvgIpc) is 3.08. The molecule has 2 aromatic rings. The number of allylic oxidation sites excluding steroid dienone is 3. The molecule has 0 saturated carbocycles. The smallest absolute Gasteiger partial charge is 0.260 e. The lowest BCUT2D eigenvalue weighted by molar-refractivity contribution is -0.914. The molecule has 4 rings (SSSR count). The number of Topliss-reactive ketones (excluding diaryl/α,β-unsaturated/α-hetero) is 1. The first kappa shape index (κ1) is 20.6. The number of ketones is 1. The minimum absolute atomic E-state index is 0.00443. The van der Waals surface area contributed by atoms with Crippen LogP contribution >= 0.6 is 11.6 Å². The van der Waals surface area contributed by atoms with Gasteiger partial charge in [-0.1, -0.05) is 17.7 Å². The Kier molecular flexibility index (Phi) is 5.66. The number of carbonyl (C=O) groups excluding carboxylic acids is 1. The van der Waals surface area contributed by atoms with E-state index in [-0.39, 0.29) is 16.5 Å². The third-order valence-electron chi connectivity index (χ3n) is 5.90. The van der Waals surface area contributed by atoms with Gasteiger partial charge in [0, 0.05) is 11.8 Å². The lowest BCUT2D eigenvalue weighted by Gasteiger charge is -2.37. The molecule has 30 heavy (non-hydrogen) atoms. The lowest BCUT2D eigenvalue weighted by Crippen LogP contribution is -2.50. The zero-order valence-corrected chi connectivity index (χ0v) is 18.2. The maximum Gasteiger partial charge on any atom is 0.260 e. The molecule has 0 radical (unpaired) electrons. The highest BCUT2D eigenvalue weighted by molar-refractivity contribution is 6.49. The molecule has 0 unspecified atom stereocenters. The first-order valence-corrected chi connectivity index (χ1v) is 10.7. The van der Waals surface area contributed by atoms with Crippen LogP contribution in [-0.4, -0.2) is 58.9 Å². The number of pyridine rings is 1. The van der Waals surface area contributed by atoms with E-state index in [0.717, 1.165) is 16.5 Å². The van der Waals surface area contributed by atoms with Gasteiger partial charge in [-0.3, -0.25) is 4.79 Å². The Balaban J connectivity index is 1.65. The zero-order chi connectivity index (χ0) is 21.3. The molecule has 2 aromatic heterocycles. The summed E-state index contributed by atoms with van der Waals surface area (Å²) in [5.41, 5.74) is 8.56. The lowest BCUT2D eigenvalue weighted by atomic mass is 10.0. The third kappa shape index (κ3) is 4.00. The second-order valence-electron chi connectivity index (χ2n) is 8.26. The van der Waals surface area contributed by atoms with E-state index >= 15 is 0 Å². The number of ether oxygens (including phenoxy) is 1. The minimum Gasteiger partial charge on any atom is -0.469 e. The van der Waals surface area contributed by atoms with Gasteiger partial charge in [-0.15, -0.1) is 5.10 Å². The molecule has 3 heterocycles. The van der Waals surface area contributed by atoms with E-state index in [1.54, 1.807) is 17.5 Å². The molecule has 2 N–H and O–H groups in total. The fourth-order valence-electron chi connectivity index (χ4n) is 4.00. The van der Waals surface area contributed by atoms with Crippen LogP contribution in [0.1, 0.15) is 26.2 Å². The number of hydrogen-bond acceptors (Lipinski definition) is 5. The maximum atomic E-state index is 12.0. The summed E-state index contributed by atoms with van der Waals surface area (Å²) >= 11 is 6.12. The van der Waals surface area contributed by atoms with Crippen LogP contribution in [0.25, 0.3) is 5.52 Å². The Morgan fingerprint density at radius 1 is 1.30 bits per heavy atom. The summed E-state index contributed by atoms with van der Waals surface area (Å²) in [6.45, 7) is 5.54. The van der Waals surface area contributed by atoms with Crippen LogP contribution in [0.5, 0.6) is 5.88 Å². The van der Waals surface area contributed by atoms with Gasteiger partial charge in [0.15, 0.2) is 5.69 Å². The predicted molar refractivity (Wildman–Crippen MR) is 118 cm³/mol. The highest BCUT2D eigenvalue weighted by Crippen LogP contribution is 2.33. The van der Waals surface area contributed by atoms with Gasteiger partial charge in [0.1, 0.15) is 18.2 Å². The number of aromatic nitrogens is 2. The number of quaternary nitrogens is 1. The first-order chi connectivity index (χ1) is 14.4. The Morgan fingerprint density at radius 3 is 2.83 bits per heavy atom. The van der Waals surface area contributed by atoms with Gasteiger partial charge in [-0.05, 0) is 44.4 Å². The molecule has 0 aromatic carbocycles. The Labute approximate surface area is 181 Å². The fourth-order valence-corrected chi connectivity index (χ4v) is 4.24. The number of likely N-dealkylation sites (N-methyl/N-ethyl adjacent to an activating group) is 1. The van der Waals surface area contributed by atoms with Crippen molar-refractivity contribution in [2.24, 2.45) is 10.7 Å². The van der Waals surface area contributed by atoms with Gasteiger partial charge in [0.25, 0.3) is 5.88 Å². The standard InChI is InChI=1S/C22H26ClN5O2/c1-15-14-16(19(24)18(23)21(15)29)25-20-17-8-4-5-9-27(17)26-22(20)30-13-12-28(2)10-6-3-7-11-28/h4-5,8-9,14H,3,6-7,10-13H2,1-2H3,(H-,24,29)/p+1/b25-16+. The van der Waals surface area contributed by atoms with Crippen LogP contribution in [0.15, 0.2) is 51.8 Å². The second kappa shape index (κ2) is 8.24. The van der Waals surface area contributed by atoms with Gasteiger partial charge in [0.2, 0.25) is 5.78 Å².